The van der Waals surface area contributed by atoms with Crippen molar-refractivity contribution in [3.8, 4) is 0 Å². The fourth-order valence-electron chi connectivity index (χ4n) is 1.98. The second-order valence-corrected chi connectivity index (χ2v) is 8.68. The van der Waals surface area contributed by atoms with E-state index in [1.807, 2.05) is 0 Å². The molecule has 146 valence electrons. The first kappa shape index (κ1) is 22.4. The maximum atomic E-state index is 12.6. The molecular weight excluding hydrogens is 367 g/mol. The van der Waals surface area contributed by atoms with Crippen molar-refractivity contribution in [1.82, 2.24) is 4.72 Å². The van der Waals surface area contributed by atoms with Crippen LogP contribution in [0.5, 0.6) is 0 Å². The van der Waals surface area contributed by atoms with Crippen LogP contribution in [0.2, 0.25) is 0 Å². The van der Waals surface area contributed by atoms with Gasteiger partial charge in [0.25, 0.3) is 0 Å². The third-order valence-electron chi connectivity index (χ3n) is 3.45. The number of nitrogens with one attached hydrogen (secondary N) is 1. The third kappa shape index (κ3) is 6.57. The van der Waals surface area contributed by atoms with E-state index in [4.69, 9.17) is 4.74 Å². The van der Waals surface area contributed by atoms with Gasteiger partial charge in [-0.05, 0) is 57.4 Å². The molecule has 2 atom stereocenters. The summed E-state index contributed by atoms with van der Waals surface area (Å²) < 4.78 is 57.4. The Labute approximate surface area is 154 Å². The molecule has 8 heteroatoms. The summed E-state index contributed by atoms with van der Waals surface area (Å²) in [6, 6.07) is 3.61. The van der Waals surface area contributed by atoms with Gasteiger partial charge in [0, 0.05) is 0 Å². The maximum Gasteiger partial charge on any atom is 0.416 e. The van der Waals surface area contributed by atoms with Gasteiger partial charge in [-0.15, -0.1) is 0 Å². The Bertz CT molecular complexity index is 664. The number of benzene rings is 1. The number of halogens is 3. The monoisotopic (exact) mass is 391 g/mol. The van der Waals surface area contributed by atoms with Crippen molar-refractivity contribution >= 4 is 22.5 Å². The van der Waals surface area contributed by atoms with Crippen LogP contribution in [0.3, 0.4) is 0 Å². The van der Waals surface area contributed by atoms with Gasteiger partial charge in [-0.3, -0.25) is 4.79 Å². The van der Waals surface area contributed by atoms with Gasteiger partial charge in [0.1, 0.15) is 6.04 Å². The van der Waals surface area contributed by atoms with Gasteiger partial charge in [-0.2, -0.15) is 13.2 Å². The summed E-state index contributed by atoms with van der Waals surface area (Å²) in [7, 11) is -1.52. The number of ether oxygens (including phenoxy) is 1. The van der Waals surface area contributed by atoms with E-state index in [0.717, 1.165) is 12.1 Å². The predicted molar refractivity (Wildman–Crippen MR) is 96.5 cm³/mol. The largest absolute Gasteiger partial charge is 0.465 e. The Morgan fingerprint density at radius 1 is 1.23 bits per heavy atom. The standard InChI is InChI=1S/C18H24F3NO3S/c1-6-25-16(23)15(22-26(24)17(3,4)5)11-12(2)13-7-9-14(10-8-13)18(19,20)21/h7-10,15,22H,2,6,11H2,1,3-5H3/t15-,26-/m0/s1. The van der Waals surface area contributed by atoms with E-state index in [-0.39, 0.29) is 13.0 Å². The molecule has 0 aliphatic carbocycles. The number of esters is 1. The normalized spacial score (nSPS) is 14.6. The van der Waals surface area contributed by atoms with E-state index < -0.39 is 39.5 Å². The molecule has 0 bridgehead atoms. The summed E-state index contributed by atoms with van der Waals surface area (Å²) in [4.78, 5) is 12.1. The fraction of sp³-hybridized carbons (Fsp3) is 0.500. The van der Waals surface area contributed by atoms with Crippen molar-refractivity contribution in [3.63, 3.8) is 0 Å². The molecule has 0 spiro atoms. The van der Waals surface area contributed by atoms with Crippen molar-refractivity contribution in [1.29, 1.82) is 0 Å². The molecular formula is C18H24F3NO3S. The van der Waals surface area contributed by atoms with Gasteiger partial charge in [0.2, 0.25) is 0 Å². The van der Waals surface area contributed by atoms with Gasteiger partial charge in [0.05, 0.1) is 27.9 Å². The number of carbonyl (C=O) groups is 1. The second-order valence-electron chi connectivity index (χ2n) is 6.69. The van der Waals surface area contributed by atoms with Gasteiger partial charge in [0.15, 0.2) is 0 Å². The molecule has 1 aromatic rings. The number of hydrogen-bond donors (Lipinski definition) is 1. The molecule has 0 aliphatic heterocycles. The lowest BCUT2D eigenvalue weighted by molar-refractivity contribution is -0.145. The lowest BCUT2D eigenvalue weighted by atomic mass is 9.99. The molecule has 1 N–H and O–H groups in total. The van der Waals surface area contributed by atoms with E-state index >= 15 is 0 Å². The van der Waals surface area contributed by atoms with E-state index in [9.17, 15) is 22.2 Å². The highest BCUT2D eigenvalue weighted by atomic mass is 32.2. The first-order chi connectivity index (χ1) is 11.9. The summed E-state index contributed by atoms with van der Waals surface area (Å²) in [5, 5.41) is 0. The van der Waals surface area contributed by atoms with E-state index in [1.165, 1.54) is 12.1 Å². The Hall–Kier alpha value is -1.67. The number of alkyl halides is 3. The Balaban J connectivity index is 2.94. The van der Waals surface area contributed by atoms with Gasteiger partial charge >= 0.3 is 12.1 Å². The Morgan fingerprint density at radius 3 is 2.19 bits per heavy atom. The van der Waals surface area contributed by atoms with Crippen molar-refractivity contribution in [2.75, 3.05) is 6.61 Å². The average molecular weight is 391 g/mol. The summed E-state index contributed by atoms with van der Waals surface area (Å²) in [6.07, 6.45) is -4.36. The zero-order chi connectivity index (χ0) is 20.1. The summed E-state index contributed by atoms with van der Waals surface area (Å²) >= 11 is 0. The van der Waals surface area contributed by atoms with Crippen LogP contribution in [0.15, 0.2) is 30.8 Å². The zero-order valence-corrected chi connectivity index (χ0v) is 16.1. The minimum atomic E-state index is -4.42. The lowest BCUT2D eigenvalue weighted by Gasteiger charge is -2.23. The van der Waals surface area contributed by atoms with Crippen LogP contribution >= 0.6 is 0 Å². The van der Waals surface area contributed by atoms with Crippen LogP contribution in [-0.4, -0.2) is 27.6 Å². The Morgan fingerprint density at radius 2 is 1.77 bits per heavy atom. The SMILES string of the molecule is C=C(C[C@H](N[S@@](=O)C(C)(C)C)C(=O)OCC)c1ccc(C(F)(F)F)cc1. The third-order valence-corrected chi connectivity index (χ3v) is 5.06. The molecule has 4 nitrogen and oxygen atoms in total. The molecule has 0 aliphatic rings. The number of carbonyl (C=O) groups excluding carboxylic acids is 1. The molecule has 0 radical (unpaired) electrons. The van der Waals surface area contributed by atoms with E-state index in [1.54, 1.807) is 27.7 Å². The van der Waals surface area contributed by atoms with Crippen molar-refractivity contribution in [2.24, 2.45) is 0 Å². The van der Waals surface area contributed by atoms with Gasteiger partial charge in [-0.25, -0.2) is 8.93 Å². The lowest BCUT2D eigenvalue weighted by Crippen LogP contribution is -2.44. The summed E-state index contributed by atoms with van der Waals surface area (Å²) in [5.74, 6) is -0.585. The van der Waals surface area contributed by atoms with Crippen molar-refractivity contribution < 1.29 is 26.9 Å². The van der Waals surface area contributed by atoms with Crippen LogP contribution in [0.1, 0.15) is 45.2 Å². The van der Waals surface area contributed by atoms with Crippen molar-refractivity contribution in [2.45, 2.75) is 51.1 Å². The van der Waals surface area contributed by atoms with E-state index in [2.05, 4.69) is 11.3 Å². The molecule has 1 rings (SSSR count). The highest BCUT2D eigenvalue weighted by Gasteiger charge is 2.31. The Kier molecular flexibility index (Phi) is 7.58. The topological polar surface area (TPSA) is 55.4 Å². The van der Waals surface area contributed by atoms with E-state index in [0.29, 0.717) is 11.1 Å². The molecule has 0 saturated carbocycles. The molecule has 0 fully saturated rings. The van der Waals surface area contributed by atoms with Gasteiger partial charge in [-0.1, -0.05) is 18.7 Å². The fourth-order valence-corrected chi connectivity index (χ4v) is 2.77. The minimum absolute atomic E-state index is 0.0615. The first-order valence-electron chi connectivity index (χ1n) is 8.06. The average Bonchev–Trinajstić information content (AvgIpc) is 2.52. The smallest absolute Gasteiger partial charge is 0.416 e. The van der Waals surface area contributed by atoms with Crippen LogP contribution in [0.25, 0.3) is 5.57 Å². The highest BCUT2D eigenvalue weighted by molar-refractivity contribution is 7.84. The minimum Gasteiger partial charge on any atom is -0.465 e. The molecule has 0 unspecified atom stereocenters. The summed E-state index contributed by atoms with van der Waals surface area (Å²) in [5.41, 5.74) is 0.147. The first-order valence-corrected chi connectivity index (χ1v) is 9.21. The second kappa shape index (κ2) is 8.81. The van der Waals surface area contributed by atoms with Crippen molar-refractivity contribution in [3.05, 3.63) is 42.0 Å². The quantitative estimate of drug-likeness (QED) is 0.712. The molecule has 0 aromatic heterocycles. The molecule has 1 aromatic carbocycles. The molecule has 0 saturated heterocycles. The number of rotatable bonds is 7. The number of hydrogen-bond acceptors (Lipinski definition) is 3. The predicted octanol–water partition coefficient (Wildman–Crippen LogP) is 4.09. The van der Waals surface area contributed by atoms with Crippen LogP contribution in [-0.2, 0) is 26.7 Å². The molecule has 26 heavy (non-hydrogen) atoms. The van der Waals surface area contributed by atoms with Crippen LogP contribution in [0.4, 0.5) is 13.2 Å². The summed E-state index contributed by atoms with van der Waals surface area (Å²) in [6.45, 7) is 10.9. The maximum absolute atomic E-state index is 12.6. The van der Waals surface area contributed by atoms with Gasteiger partial charge < -0.3 is 4.74 Å². The highest BCUT2D eigenvalue weighted by Crippen LogP contribution is 2.30. The molecule has 0 amide bonds. The molecule has 0 heterocycles. The van der Waals surface area contributed by atoms with Crippen LogP contribution < -0.4 is 4.72 Å². The zero-order valence-electron chi connectivity index (χ0n) is 15.3. The van der Waals surface area contributed by atoms with Crippen LogP contribution in [0, 0.1) is 0 Å².